The van der Waals surface area contributed by atoms with Gasteiger partial charge < -0.3 is 9.47 Å². The molecule has 0 aliphatic carbocycles. The van der Waals surface area contributed by atoms with Crippen molar-refractivity contribution in [3.63, 3.8) is 0 Å². The highest BCUT2D eigenvalue weighted by Crippen LogP contribution is 2.17. The van der Waals surface area contributed by atoms with E-state index in [1.54, 1.807) is 0 Å². The van der Waals surface area contributed by atoms with Gasteiger partial charge in [0.05, 0.1) is 18.8 Å². The second kappa shape index (κ2) is 9.10. The highest BCUT2D eigenvalue weighted by Gasteiger charge is 2.23. The zero-order chi connectivity index (χ0) is 15.7. The van der Waals surface area contributed by atoms with Crippen LogP contribution in [0.1, 0.15) is 60.2 Å². The molecule has 0 atom stereocenters. The Hall–Kier alpha value is -1.91. The molecule has 0 amide bonds. The van der Waals surface area contributed by atoms with Crippen LogP contribution >= 0.6 is 0 Å². The fourth-order valence-corrected chi connectivity index (χ4v) is 1.67. The first-order valence-corrected chi connectivity index (χ1v) is 7.24. The van der Waals surface area contributed by atoms with Gasteiger partial charge in [0.15, 0.2) is 0 Å². The second-order valence-electron chi connectivity index (χ2n) is 4.64. The first-order valence-electron chi connectivity index (χ1n) is 7.24. The quantitative estimate of drug-likeness (QED) is 0.541. The van der Waals surface area contributed by atoms with Crippen LogP contribution in [0.3, 0.4) is 0 Å². The molecule has 4 nitrogen and oxygen atoms in total. The van der Waals surface area contributed by atoms with Crippen LogP contribution in [0.25, 0.3) is 0 Å². The van der Waals surface area contributed by atoms with Gasteiger partial charge in [-0.05, 0) is 25.0 Å². The number of hydrogen-bond donors (Lipinski definition) is 0. The van der Waals surface area contributed by atoms with Crippen LogP contribution < -0.4 is 0 Å². The van der Waals surface area contributed by atoms with Crippen LogP contribution in [0.15, 0.2) is 18.2 Å². The van der Waals surface area contributed by atoms with Crippen molar-refractivity contribution in [3.8, 4) is 0 Å². The minimum Gasteiger partial charge on any atom is -0.462 e. The molecule has 0 heterocycles. The maximum absolute atomic E-state index is 13.8. The van der Waals surface area contributed by atoms with Gasteiger partial charge in [-0.3, -0.25) is 0 Å². The monoisotopic (exact) mass is 296 g/mol. The van der Waals surface area contributed by atoms with Gasteiger partial charge in [0.25, 0.3) is 0 Å². The van der Waals surface area contributed by atoms with Crippen LogP contribution in [0.2, 0.25) is 0 Å². The van der Waals surface area contributed by atoms with E-state index in [-0.39, 0.29) is 24.3 Å². The van der Waals surface area contributed by atoms with E-state index in [2.05, 4.69) is 0 Å². The maximum atomic E-state index is 13.8. The third kappa shape index (κ3) is 5.17. The molecule has 0 aliphatic heterocycles. The lowest BCUT2D eigenvalue weighted by Crippen LogP contribution is -2.16. The van der Waals surface area contributed by atoms with E-state index in [1.807, 2.05) is 13.8 Å². The molecule has 0 N–H and O–H groups in total. The summed E-state index contributed by atoms with van der Waals surface area (Å²) in [6, 6.07) is 3.86. The topological polar surface area (TPSA) is 52.6 Å². The Bertz CT molecular complexity index is 485. The molecule has 0 saturated carbocycles. The molecule has 116 valence electrons. The highest BCUT2D eigenvalue weighted by molar-refractivity contribution is 6.03. The van der Waals surface area contributed by atoms with Crippen molar-refractivity contribution in [2.75, 3.05) is 13.2 Å². The molecule has 21 heavy (non-hydrogen) atoms. The second-order valence-corrected chi connectivity index (χ2v) is 4.64. The normalized spacial score (nSPS) is 10.2. The molecule has 1 aromatic carbocycles. The fourth-order valence-electron chi connectivity index (χ4n) is 1.67. The summed E-state index contributed by atoms with van der Waals surface area (Å²) < 4.78 is 23.9. The van der Waals surface area contributed by atoms with Gasteiger partial charge in [-0.2, -0.15) is 0 Å². The molecule has 0 radical (unpaired) electrons. The van der Waals surface area contributed by atoms with Crippen molar-refractivity contribution in [3.05, 3.63) is 35.1 Å². The number of ether oxygens (including phenoxy) is 2. The molecule has 1 rings (SSSR count). The van der Waals surface area contributed by atoms with Crippen molar-refractivity contribution in [2.24, 2.45) is 0 Å². The number of carbonyl (C=O) groups excluding carboxylic acids is 2. The van der Waals surface area contributed by atoms with E-state index in [4.69, 9.17) is 9.47 Å². The summed E-state index contributed by atoms with van der Waals surface area (Å²) in [5.74, 6) is -2.31. The van der Waals surface area contributed by atoms with E-state index < -0.39 is 17.8 Å². The van der Waals surface area contributed by atoms with Crippen molar-refractivity contribution in [1.82, 2.24) is 0 Å². The number of esters is 2. The molecule has 0 spiro atoms. The van der Waals surface area contributed by atoms with E-state index in [1.165, 1.54) is 12.1 Å². The van der Waals surface area contributed by atoms with E-state index in [0.29, 0.717) is 6.42 Å². The zero-order valence-corrected chi connectivity index (χ0v) is 12.5. The van der Waals surface area contributed by atoms with Gasteiger partial charge in [-0.1, -0.05) is 32.8 Å². The van der Waals surface area contributed by atoms with Crippen molar-refractivity contribution >= 4 is 11.9 Å². The fraction of sp³-hybridized carbons (Fsp3) is 0.500. The standard InChI is InChI=1S/C16H21FO4/c1-3-5-10-20-15(18)12-8-7-9-13(17)14(12)16(19)21-11-6-4-2/h7-9H,3-6,10-11H2,1-2H3. The Morgan fingerprint density at radius 2 is 1.57 bits per heavy atom. The van der Waals surface area contributed by atoms with E-state index in [9.17, 15) is 14.0 Å². The molecule has 5 heteroatoms. The summed E-state index contributed by atoms with van der Waals surface area (Å²) >= 11 is 0. The smallest absolute Gasteiger partial charge is 0.342 e. The minimum absolute atomic E-state index is 0.0902. The lowest BCUT2D eigenvalue weighted by molar-refractivity contribution is 0.0447. The molecule has 0 aliphatic rings. The largest absolute Gasteiger partial charge is 0.462 e. The SMILES string of the molecule is CCCCOC(=O)c1cccc(F)c1C(=O)OCCCC. The first-order chi connectivity index (χ1) is 10.1. The van der Waals surface area contributed by atoms with Crippen LogP contribution in [0.5, 0.6) is 0 Å². The number of benzene rings is 1. The summed E-state index contributed by atoms with van der Waals surface area (Å²) in [6.07, 6.45) is 3.15. The number of unbranched alkanes of at least 4 members (excludes halogenated alkanes) is 2. The average molecular weight is 296 g/mol. The Kier molecular flexibility index (Phi) is 7.43. The van der Waals surface area contributed by atoms with E-state index >= 15 is 0 Å². The highest BCUT2D eigenvalue weighted by atomic mass is 19.1. The lowest BCUT2D eigenvalue weighted by atomic mass is 10.1. The summed E-state index contributed by atoms with van der Waals surface area (Å²) in [4.78, 5) is 23.9. The summed E-state index contributed by atoms with van der Waals surface area (Å²) in [7, 11) is 0. The van der Waals surface area contributed by atoms with Gasteiger partial charge in [0.1, 0.15) is 11.4 Å². The molecule has 0 unspecified atom stereocenters. The third-order valence-corrected chi connectivity index (χ3v) is 2.90. The third-order valence-electron chi connectivity index (χ3n) is 2.90. The first kappa shape index (κ1) is 17.1. The van der Waals surface area contributed by atoms with Crippen LogP contribution in [-0.4, -0.2) is 25.2 Å². The Morgan fingerprint density at radius 1 is 1.00 bits per heavy atom. The predicted octanol–water partition coefficient (Wildman–Crippen LogP) is 3.74. The molecule has 0 bridgehead atoms. The average Bonchev–Trinajstić information content (AvgIpc) is 2.47. The molecular weight excluding hydrogens is 275 g/mol. The van der Waals surface area contributed by atoms with E-state index in [0.717, 1.165) is 25.3 Å². The molecule has 0 fully saturated rings. The summed E-state index contributed by atoms with van der Waals surface area (Å²) in [5.41, 5.74) is -0.442. The van der Waals surface area contributed by atoms with Crippen molar-refractivity contribution < 1.29 is 23.5 Å². The van der Waals surface area contributed by atoms with Crippen LogP contribution in [-0.2, 0) is 9.47 Å². The number of carbonyl (C=O) groups is 2. The predicted molar refractivity (Wildman–Crippen MR) is 76.8 cm³/mol. The van der Waals surface area contributed by atoms with Gasteiger partial charge in [-0.15, -0.1) is 0 Å². The maximum Gasteiger partial charge on any atom is 0.342 e. The van der Waals surface area contributed by atoms with Gasteiger partial charge in [0.2, 0.25) is 0 Å². The van der Waals surface area contributed by atoms with Crippen molar-refractivity contribution in [1.29, 1.82) is 0 Å². The minimum atomic E-state index is -0.830. The van der Waals surface area contributed by atoms with Gasteiger partial charge >= 0.3 is 11.9 Å². The molecular formula is C16H21FO4. The van der Waals surface area contributed by atoms with Crippen LogP contribution in [0.4, 0.5) is 4.39 Å². The zero-order valence-electron chi connectivity index (χ0n) is 12.5. The Balaban J connectivity index is 2.86. The van der Waals surface area contributed by atoms with Gasteiger partial charge in [0, 0.05) is 0 Å². The number of hydrogen-bond acceptors (Lipinski definition) is 4. The van der Waals surface area contributed by atoms with Gasteiger partial charge in [-0.25, -0.2) is 14.0 Å². The Labute approximate surface area is 124 Å². The molecule has 1 aromatic rings. The Morgan fingerprint density at radius 3 is 2.14 bits per heavy atom. The molecule has 0 saturated heterocycles. The lowest BCUT2D eigenvalue weighted by Gasteiger charge is -2.10. The summed E-state index contributed by atoms with van der Waals surface area (Å²) in [5, 5.41) is 0. The summed E-state index contributed by atoms with van der Waals surface area (Å²) in [6.45, 7) is 4.37. The molecule has 0 aromatic heterocycles. The van der Waals surface area contributed by atoms with Crippen molar-refractivity contribution in [2.45, 2.75) is 39.5 Å². The number of halogens is 1. The number of rotatable bonds is 8. The van der Waals surface area contributed by atoms with Crippen LogP contribution in [0, 0.1) is 5.82 Å².